The van der Waals surface area contributed by atoms with Gasteiger partial charge in [0.05, 0.1) is 27.7 Å². The lowest BCUT2D eigenvalue weighted by molar-refractivity contribution is -0.858. The number of ether oxygens (including phenoxy) is 2. The first-order valence-corrected chi connectivity index (χ1v) is 6.44. The van der Waals surface area contributed by atoms with Crippen LogP contribution in [-0.4, -0.2) is 46.8 Å². The normalized spacial score (nSPS) is 10.3. The second-order valence-corrected chi connectivity index (χ2v) is 4.62. The second-order valence-electron chi connectivity index (χ2n) is 4.62. The molecule has 5 heteroatoms. The predicted molar refractivity (Wildman–Crippen MR) is 73.8 cm³/mol. The van der Waals surface area contributed by atoms with Gasteiger partial charge >= 0.3 is 0 Å². The van der Waals surface area contributed by atoms with Crippen LogP contribution in [-0.2, 0) is 4.79 Å². The van der Waals surface area contributed by atoms with Crippen molar-refractivity contribution >= 4 is 5.91 Å². The van der Waals surface area contributed by atoms with Crippen LogP contribution < -0.4 is 19.7 Å². The SMILES string of the molecule is COc1ccc(OCC(=O)NCCC[NH+](C)C)cc1. The number of benzene rings is 1. The lowest BCUT2D eigenvalue weighted by Crippen LogP contribution is -3.05. The number of carbonyl (C=O) groups is 1. The zero-order valence-electron chi connectivity index (χ0n) is 11.9. The Hall–Kier alpha value is -1.75. The van der Waals surface area contributed by atoms with Crippen molar-refractivity contribution in [3.05, 3.63) is 24.3 Å². The molecule has 0 aliphatic heterocycles. The van der Waals surface area contributed by atoms with Gasteiger partial charge in [-0.3, -0.25) is 4.79 Å². The van der Waals surface area contributed by atoms with Gasteiger partial charge in [-0.2, -0.15) is 0 Å². The van der Waals surface area contributed by atoms with Gasteiger partial charge in [0.25, 0.3) is 5.91 Å². The van der Waals surface area contributed by atoms with Crippen LogP contribution in [0.1, 0.15) is 6.42 Å². The summed E-state index contributed by atoms with van der Waals surface area (Å²) in [6, 6.07) is 7.16. The van der Waals surface area contributed by atoms with Gasteiger partial charge in [0.1, 0.15) is 11.5 Å². The van der Waals surface area contributed by atoms with E-state index < -0.39 is 0 Å². The Balaban J connectivity index is 2.18. The number of amides is 1. The second kappa shape index (κ2) is 8.37. The molecule has 5 nitrogen and oxygen atoms in total. The van der Waals surface area contributed by atoms with Gasteiger partial charge in [0, 0.05) is 13.0 Å². The Bertz CT molecular complexity index is 377. The summed E-state index contributed by atoms with van der Waals surface area (Å²) in [5.41, 5.74) is 0. The van der Waals surface area contributed by atoms with Crippen molar-refractivity contribution in [2.24, 2.45) is 0 Å². The summed E-state index contributed by atoms with van der Waals surface area (Å²) < 4.78 is 10.4. The van der Waals surface area contributed by atoms with E-state index in [1.807, 2.05) is 0 Å². The monoisotopic (exact) mass is 267 g/mol. The first kappa shape index (κ1) is 15.3. The number of carbonyl (C=O) groups excluding carboxylic acids is 1. The van der Waals surface area contributed by atoms with Gasteiger partial charge in [0.15, 0.2) is 6.61 Å². The highest BCUT2D eigenvalue weighted by atomic mass is 16.5. The minimum Gasteiger partial charge on any atom is -0.497 e. The molecular formula is C14H23N2O3+. The van der Waals surface area contributed by atoms with Crippen molar-refractivity contribution in [2.45, 2.75) is 6.42 Å². The molecule has 1 aromatic rings. The quantitative estimate of drug-likeness (QED) is 0.637. The maximum atomic E-state index is 11.5. The number of nitrogens with one attached hydrogen (secondary N) is 2. The molecule has 0 spiro atoms. The molecule has 0 bridgehead atoms. The summed E-state index contributed by atoms with van der Waals surface area (Å²) in [6.45, 7) is 1.77. The smallest absolute Gasteiger partial charge is 0.257 e. The molecule has 0 aromatic heterocycles. The van der Waals surface area contributed by atoms with Crippen molar-refractivity contribution in [3.63, 3.8) is 0 Å². The van der Waals surface area contributed by atoms with E-state index >= 15 is 0 Å². The van der Waals surface area contributed by atoms with Gasteiger partial charge in [-0.15, -0.1) is 0 Å². The number of hydrogen-bond acceptors (Lipinski definition) is 3. The molecule has 1 aromatic carbocycles. The molecule has 106 valence electrons. The third kappa shape index (κ3) is 6.67. The molecule has 0 radical (unpaired) electrons. The van der Waals surface area contributed by atoms with Gasteiger partial charge in [-0.05, 0) is 24.3 Å². The summed E-state index contributed by atoms with van der Waals surface area (Å²) in [7, 11) is 5.79. The fourth-order valence-electron chi connectivity index (χ4n) is 1.54. The van der Waals surface area contributed by atoms with E-state index in [0.717, 1.165) is 18.7 Å². The minimum atomic E-state index is -0.0930. The van der Waals surface area contributed by atoms with E-state index in [9.17, 15) is 4.79 Å². The molecule has 1 amide bonds. The molecule has 0 aliphatic rings. The van der Waals surface area contributed by atoms with Crippen LogP contribution in [0.2, 0.25) is 0 Å². The Morgan fingerprint density at radius 1 is 1.21 bits per heavy atom. The molecule has 2 N–H and O–H groups in total. The molecular weight excluding hydrogens is 244 g/mol. The van der Waals surface area contributed by atoms with Crippen molar-refractivity contribution in [1.29, 1.82) is 0 Å². The van der Waals surface area contributed by atoms with Crippen molar-refractivity contribution < 1.29 is 19.2 Å². The standard InChI is InChI=1S/C14H22N2O3/c1-16(2)10-4-9-15-14(17)11-19-13-7-5-12(18-3)6-8-13/h5-8H,4,9-11H2,1-3H3,(H,15,17)/p+1. The molecule has 0 saturated heterocycles. The molecule has 0 unspecified atom stereocenters. The lowest BCUT2D eigenvalue weighted by atomic mass is 10.3. The number of rotatable bonds is 8. The van der Waals surface area contributed by atoms with E-state index in [0.29, 0.717) is 12.3 Å². The van der Waals surface area contributed by atoms with Gasteiger partial charge in [-0.1, -0.05) is 0 Å². The number of quaternary nitrogens is 1. The molecule has 1 rings (SSSR count). The summed E-state index contributed by atoms with van der Waals surface area (Å²) in [5.74, 6) is 1.33. The van der Waals surface area contributed by atoms with E-state index in [1.165, 1.54) is 4.90 Å². The predicted octanol–water partition coefficient (Wildman–Crippen LogP) is -0.275. The van der Waals surface area contributed by atoms with Crippen molar-refractivity contribution in [1.82, 2.24) is 5.32 Å². The highest BCUT2D eigenvalue weighted by molar-refractivity contribution is 5.77. The maximum absolute atomic E-state index is 11.5. The largest absolute Gasteiger partial charge is 0.497 e. The fourth-order valence-corrected chi connectivity index (χ4v) is 1.54. The van der Waals surface area contributed by atoms with Crippen LogP contribution in [0, 0.1) is 0 Å². The van der Waals surface area contributed by atoms with Crippen LogP contribution in [0.4, 0.5) is 0 Å². The average Bonchev–Trinajstić information content (AvgIpc) is 2.41. The Morgan fingerprint density at radius 3 is 2.42 bits per heavy atom. The highest BCUT2D eigenvalue weighted by Crippen LogP contribution is 2.16. The Morgan fingerprint density at radius 2 is 1.84 bits per heavy atom. The molecule has 0 atom stereocenters. The number of hydrogen-bond donors (Lipinski definition) is 2. The van der Waals surface area contributed by atoms with Crippen LogP contribution in [0.3, 0.4) is 0 Å². The maximum Gasteiger partial charge on any atom is 0.257 e. The zero-order chi connectivity index (χ0) is 14.1. The fraction of sp³-hybridized carbons (Fsp3) is 0.500. The van der Waals surface area contributed by atoms with Crippen molar-refractivity contribution in [3.8, 4) is 11.5 Å². The topological polar surface area (TPSA) is 52.0 Å². The van der Waals surface area contributed by atoms with Crippen LogP contribution >= 0.6 is 0 Å². The highest BCUT2D eigenvalue weighted by Gasteiger charge is 2.03. The van der Waals surface area contributed by atoms with E-state index in [-0.39, 0.29) is 12.5 Å². The lowest BCUT2D eigenvalue weighted by Gasteiger charge is -2.09. The summed E-state index contributed by atoms with van der Waals surface area (Å²) in [6.07, 6.45) is 0.969. The molecule has 19 heavy (non-hydrogen) atoms. The van der Waals surface area contributed by atoms with E-state index in [2.05, 4.69) is 19.4 Å². The number of methoxy groups -OCH3 is 1. The van der Waals surface area contributed by atoms with Gasteiger partial charge < -0.3 is 19.7 Å². The Kier molecular flexibility index (Phi) is 6.74. The third-order valence-electron chi connectivity index (χ3n) is 2.61. The van der Waals surface area contributed by atoms with Crippen LogP contribution in [0.25, 0.3) is 0 Å². The van der Waals surface area contributed by atoms with E-state index in [4.69, 9.17) is 9.47 Å². The first-order chi connectivity index (χ1) is 9.11. The summed E-state index contributed by atoms with van der Waals surface area (Å²) in [5, 5.41) is 2.83. The Labute approximate surface area is 114 Å². The molecule has 0 saturated carbocycles. The zero-order valence-corrected chi connectivity index (χ0v) is 11.9. The first-order valence-electron chi connectivity index (χ1n) is 6.44. The molecule has 0 aliphatic carbocycles. The van der Waals surface area contributed by atoms with Crippen LogP contribution in [0.15, 0.2) is 24.3 Å². The van der Waals surface area contributed by atoms with E-state index in [1.54, 1.807) is 31.4 Å². The van der Waals surface area contributed by atoms with Gasteiger partial charge in [-0.25, -0.2) is 0 Å². The molecule has 0 heterocycles. The minimum absolute atomic E-state index is 0.0428. The summed E-state index contributed by atoms with van der Waals surface area (Å²) in [4.78, 5) is 12.9. The van der Waals surface area contributed by atoms with Crippen molar-refractivity contribution in [2.75, 3.05) is 40.9 Å². The third-order valence-corrected chi connectivity index (χ3v) is 2.61. The van der Waals surface area contributed by atoms with Gasteiger partial charge in [0.2, 0.25) is 0 Å². The average molecular weight is 267 g/mol. The summed E-state index contributed by atoms with van der Waals surface area (Å²) >= 11 is 0. The van der Waals surface area contributed by atoms with Crippen LogP contribution in [0.5, 0.6) is 11.5 Å². The molecule has 0 fully saturated rings.